The van der Waals surface area contributed by atoms with Crippen LogP contribution in [-0.2, 0) is 0 Å². The molecular formula is C15H20N2. The van der Waals surface area contributed by atoms with Gasteiger partial charge in [0.15, 0.2) is 0 Å². The van der Waals surface area contributed by atoms with Gasteiger partial charge in [-0.2, -0.15) is 5.26 Å². The third-order valence-electron chi connectivity index (χ3n) is 3.65. The Morgan fingerprint density at radius 1 is 1.47 bits per heavy atom. The van der Waals surface area contributed by atoms with E-state index in [0.717, 1.165) is 13.0 Å². The Morgan fingerprint density at radius 3 is 2.88 bits per heavy atom. The first-order valence-electron chi connectivity index (χ1n) is 6.24. The average Bonchev–Trinajstić information content (AvgIpc) is 2.54. The Labute approximate surface area is 104 Å². The van der Waals surface area contributed by atoms with Crippen LogP contribution in [0.5, 0.6) is 0 Å². The maximum absolute atomic E-state index is 8.83. The molecule has 0 radical (unpaired) electrons. The molecule has 1 aliphatic rings. The van der Waals surface area contributed by atoms with E-state index in [9.17, 15) is 0 Å². The molecule has 2 nitrogen and oxygen atoms in total. The number of hydrogen-bond donors (Lipinski definition) is 0. The standard InChI is InChI=1S/C15H20N2/c1-12-5-4-6-14(9-12)17-11-13(7-8-16)10-15(17,2)3/h4-6,9,13H,7,10-11H2,1-3H3. The van der Waals surface area contributed by atoms with Crippen LogP contribution in [0.3, 0.4) is 0 Å². The lowest BCUT2D eigenvalue weighted by Crippen LogP contribution is -2.38. The van der Waals surface area contributed by atoms with Crippen LogP contribution in [0.25, 0.3) is 0 Å². The van der Waals surface area contributed by atoms with E-state index in [1.807, 2.05) is 0 Å². The molecule has 1 fully saturated rings. The normalized spacial score (nSPS) is 22.5. The molecule has 0 amide bonds. The highest BCUT2D eigenvalue weighted by molar-refractivity contribution is 5.52. The molecule has 0 saturated carbocycles. The number of benzene rings is 1. The van der Waals surface area contributed by atoms with Crippen LogP contribution in [0.15, 0.2) is 24.3 Å². The molecule has 0 aliphatic carbocycles. The van der Waals surface area contributed by atoms with Crippen molar-refractivity contribution in [2.45, 2.75) is 39.2 Å². The molecule has 0 spiro atoms. The summed E-state index contributed by atoms with van der Waals surface area (Å²) in [6.45, 7) is 7.67. The van der Waals surface area contributed by atoms with Crippen molar-refractivity contribution in [3.63, 3.8) is 0 Å². The molecule has 1 aromatic carbocycles. The van der Waals surface area contributed by atoms with Crippen LogP contribution >= 0.6 is 0 Å². The van der Waals surface area contributed by atoms with E-state index in [1.54, 1.807) is 0 Å². The Kier molecular flexibility index (Phi) is 3.11. The number of nitrogens with zero attached hydrogens (tertiary/aromatic N) is 2. The summed E-state index contributed by atoms with van der Waals surface area (Å²) in [5.74, 6) is 0.510. The first kappa shape index (κ1) is 12.0. The fourth-order valence-electron chi connectivity index (χ4n) is 2.90. The maximum Gasteiger partial charge on any atom is 0.0625 e. The van der Waals surface area contributed by atoms with Gasteiger partial charge in [-0.1, -0.05) is 12.1 Å². The van der Waals surface area contributed by atoms with Crippen molar-refractivity contribution >= 4 is 5.69 Å². The Morgan fingerprint density at radius 2 is 2.24 bits per heavy atom. The predicted octanol–water partition coefficient (Wildman–Crippen LogP) is 3.51. The summed E-state index contributed by atoms with van der Waals surface area (Å²) in [5, 5.41) is 8.83. The van der Waals surface area contributed by atoms with Crippen molar-refractivity contribution in [2.24, 2.45) is 5.92 Å². The monoisotopic (exact) mass is 228 g/mol. The summed E-state index contributed by atoms with van der Waals surface area (Å²) in [5.41, 5.74) is 2.74. The highest BCUT2D eigenvalue weighted by atomic mass is 15.2. The van der Waals surface area contributed by atoms with Crippen LogP contribution in [0.2, 0.25) is 0 Å². The molecule has 1 saturated heterocycles. The van der Waals surface area contributed by atoms with Gasteiger partial charge >= 0.3 is 0 Å². The molecule has 1 heterocycles. The third-order valence-corrected chi connectivity index (χ3v) is 3.65. The topological polar surface area (TPSA) is 27.0 Å². The molecule has 0 aromatic heterocycles. The SMILES string of the molecule is Cc1cccc(N2CC(CC#N)CC2(C)C)c1. The molecule has 0 bridgehead atoms. The predicted molar refractivity (Wildman–Crippen MR) is 70.9 cm³/mol. The number of rotatable bonds is 2. The quantitative estimate of drug-likeness (QED) is 0.774. The van der Waals surface area contributed by atoms with E-state index < -0.39 is 0 Å². The average molecular weight is 228 g/mol. The molecule has 17 heavy (non-hydrogen) atoms. The summed E-state index contributed by atoms with van der Waals surface area (Å²) in [4.78, 5) is 2.45. The summed E-state index contributed by atoms with van der Waals surface area (Å²) < 4.78 is 0. The van der Waals surface area contributed by atoms with E-state index in [-0.39, 0.29) is 5.54 Å². The first-order valence-corrected chi connectivity index (χ1v) is 6.24. The first-order chi connectivity index (χ1) is 8.03. The Balaban J connectivity index is 2.24. The van der Waals surface area contributed by atoms with Crippen molar-refractivity contribution in [3.05, 3.63) is 29.8 Å². The minimum absolute atomic E-state index is 0.162. The van der Waals surface area contributed by atoms with Gasteiger partial charge in [0.2, 0.25) is 0 Å². The van der Waals surface area contributed by atoms with E-state index in [2.05, 4.69) is 56.0 Å². The molecule has 1 aliphatic heterocycles. The molecule has 2 heteroatoms. The van der Waals surface area contributed by atoms with Gasteiger partial charge in [0.05, 0.1) is 6.07 Å². The van der Waals surface area contributed by atoms with Gasteiger partial charge < -0.3 is 4.90 Å². The van der Waals surface area contributed by atoms with Gasteiger partial charge in [0.25, 0.3) is 0 Å². The third kappa shape index (κ3) is 2.44. The van der Waals surface area contributed by atoms with Crippen molar-refractivity contribution in [1.29, 1.82) is 5.26 Å². The zero-order valence-electron chi connectivity index (χ0n) is 10.9. The lowest BCUT2D eigenvalue weighted by molar-refractivity contribution is 0.476. The second-order valence-electron chi connectivity index (χ2n) is 5.69. The van der Waals surface area contributed by atoms with Crippen molar-refractivity contribution in [2.75, 3.05) is 11.4 Å². The summed E-state index contributed by atoms with van der Waals surface area (Å²) in [7, 11) is 0. The molecule has 1 aromatic rings. The molecule has 2 rings (SSSR count). The van der Waals surface area contributed by atoms with Gasteiger partial charge in [-0.25, -0.2) is 0 Å². The Hall–Kier alpha value is -1.49. The maximum atomic E-state index is 8.83. The minimum atomic E-state index is 0.162. The van der Waals surface area contributed by atoms with E-state index in [1.165, 1.54) is 11.3 Å². The van der Waals surface area contributed by atoms with E-state index >= 15 is 0 Å². The largest absolute Gasteiger partial charge is 0.366 e. The molecule has 1 unspecified atom stereocenters. The highest BCUT2D eigenvalue weighted by Gasteiger charge is 2.38. The second-order valence-corrected chi connectivity index (χ2v) is 5.69. The van der Waals surface area contributed by atoms with E-state index in [4.69, 9.17) is 5.26 Å². The van der Waals surface area contributed by atoms with Crippen LogP contribution in [0.1, 0.15) is 32.3 Å². The van der Waals surface area contributed by atoms with Gasteiger partial charge in [0.1, 0.15) is 0 Å². The van der Waals surface area contributed by atoms with Crippen LogP contribution in [-0.4, -0.2) is 12.1 Å². The second kappa shape index (κ2) is 4.41. The minimum Gasteiger partial charge on any atom is -0.366 e. The van der Waals surface area contributed by atoms with Crippen molar-refractivity contribution < 1.29 is 0 Å². The van der Waals surface area contributed by atoms with Crippen molar-refractivity contribution in [3.8, 4) is 6.07 Å². The lowest BCUT2D eigenvalue weighted by Gasteiger charge is -2.33. The molecular weight excluding hydrogens is 208 g/mol. The van der Waals surface area contributed by atoms with Crippen molar-refractivity contribution in [1.82, 2.24) is 0 Å². The number of aryl methyl sites for hydroxylation is 1. The number of anilines is 1. The van der Waals surface area contributed by atoms with E-state index in [0.29, 0.717) is 12.3 Å². The van der Waals surface area contributed by atoms with Crippen LogP contribution in [0, 0.1) is 24.2 Å². The van der Waals surface area contributed by atoms with Gasteiger partial charge in [-0.05, 0) is 50.8 Å². The highest BCUT2D eigenvalue weighted by Crippen LogP contribution is 2.38. The smallest absolute Gasteiger partial charge is 0.0625 e. The zero-order valence-corrected chi connectivity index (χ0v) is 10.9. The summed E-state index contributed by atoms with van der Waals surface area (Å²) >= 11 is 0. The fourth-order valence-corrected chi connectivity index (χ4v) is 2.90. The molecule has 90 valence electrons. The van der Waals surface area contributed by atoms with Crippen LogP contribution in [0.4, 0.5) is 5.69 Å². The Bertz CT molecular complexity index is 442. The zero-order chi connectivity index (χ0) is 12.5. The number of nitriles is 1. The fraction of sp³-hybridized carbons (Fsp3) is 0.533. The van der Waals surface area contributed by atoms with Crippen LogP contribution < -0.4 is 4.90 Å². The lowest BCUT2D eigenvalue weighted by atomic mass is 9.94. The summed E-state index contributed by atoms with van der Waals surface area (Å²) in [6, 6.07) is 10.9. The van der Waals surface area contributed by atoms with Gasteiger partial charge in [0, 0.05) is 24.2 Å². The molecule has 0 N–H and O–H groups in total. The van der Waals surface area contributed by atoms with Gasteiger partial charge in [-0.15, -0.1) is 0 Å². The molecule has 1 atom stereocenters. The summed E-state index contributed by atoms with van der Waals surface area (Å²) in [6.07, 6.45) is 1.78. The number of hydrogen-bond acceptors (Lipinski definition) is 2. The van der Waals surface area contributed by atoms with Gasteiger partial charge in [-0.3, -0.25) is 0 Å².